The Balaban J connectivity index is 2.09. The van der Waals surface area contributed by atoms with Crippen molar-refractivity contribution in [1.82, 2.24) is 4.90 Å². The summed E-state index contributed by atoms with van der Waals surface area (Å²) < 4.78 is 5.09. The van der Waals surface area contributed by atoms with E-state index >= 15 is 0 Å². The maximum Gasteiger partial charge on any atom is 0.254 e. The smallest absolute Gasteiger partial charge is 0.254 e. The number of rotatable bonds is 3. The van der Waals surface area contributed by atoms with Crippen LogP contribution in [0.2, 0.25) is 0 Å². The van der Waals surface area contributed by atoms with Crippen LogP contribution in [-0.2, 0) is 4.74 Å². The number of phenols is 1. The van der Waals surface area contributed by atoms with Crippen LogP contribution in [0.3, 0.4) is 0 Å². The van der Waals surface area contributed by atoms with Gasteiger partial charge in [-0.2, -0.15) is 0 Å². The average Bonchev–Trinajstić information content (AvgIpc) is 2.39. The topological polar surface area (TPSA) is 49.8 Å². The van der Waals surface area contributed by atoms with Crippen molar-refractivity contribution in [2.75, 3.05) is 26.8 Å². The van der Waals surface area contributed by atoms with E-state index in [0.717, 1.165) is 12.0 Å². The van der Waals surface area contributed by atoms with Crippen LogP contribution in [0.15, 0.2) is 29.8 Å². The molecule has 0 fully saturated rings. The first kappa shape index (κ1) is 13.6. The minimum Gasteiger partial charge on any atom is -0.508 e. The molecular weight excluding hydrogens is 242 g/mol. The molecule has 0 saturated carbocycles. The molecule has 0 radical (unpaired) electrons. The molecule has 1 aromatic rings. The highest BCUT2D eigenvalue weighted by atomic mass is 16.5. The van der Waals surface area contributed by atoms with Gasteiger partial charge >= 0.3 is 0 Å². The number of aromatic hydroxyl groups is 1. The van der Waals surface area contributed by atoms with E-state index in [9.17, 15) is 9.90 Å². The van der Waals surface area contributed by atoms with Gasteiger partial charge in [-0.05, 0) is 42.7 Å². The Bertz CT molecular complexity index is 508. The van der Waals surface area contributed by atoms with Crippen molar-refractivity contribution < 1.29 is 14.6 Å². The zero-order chi connectivity index (χ0) is 13.8. The molecule has 4 heteroatoms. The first-order valence-electron chi connectivity index (χ1n) is 6.37. The zero-order valence-electron chi connectivity index (χ0n) is 11.3. The number of hydrogen-bond donors (Lipinski definition) is 1. The number of ether oxygens (including phenoxy) is 1. The van der Waals surface area contributed by atoms with E-state index in [0.29, 0.717) is 25.3 Å². The zero-order valence-corrected chi connectivity index (χ0v) is 11.3. The van der Waals surface area contributed by atoms with Crippen molar-refractivity contribution in [2.24, 2.45) is 0 Å². The highest BCUT2D eigenvalue weighted by Crippen LogP contribution is 2.19. The van der Waals surface area contributed by atoms with Crippen molar-refractivity contribution in [2.45, 2.75) is 13.3 Å². The summed E-state index contributed by atoms with van der Waals surface area (Å²) in [7, 11) is 1.68. The Morgan fingerprint density at radius 1 is 1.47 bits per heavy atom. The normalized spacial score (nSPS) is 15.3. The second kappa shape index (κ2) is 5.89. The minimum absolute atomic E-state index is 0.0187. The van der Waals surface area contributed by atoms with Crippen molar-refractivity contribution in [3.8, 4) is 5.75 Å². The maximum atomic E-state index is 12.4. The first-order valence-corrected chi connectivity index (χ1v) is 6.37. The van der Waals surface area contributed by atoms with Gasteiger partial charge in [-0.3, -0.25) is 4.79 Å². The van der Waals surface area contributed by atoms with Crippen molar-refractivity contribution >= 4 is 5.91 Å². The second-order valence-corrected chi connectivity index (χ2v) is 4.80. The molecule has 1 amide bonds. The van der Waals surface area contributed by atoms with E-state index in [-0.39, 0.29) is 11.7 Å². The number of amides is 1. The molecule has 0 unspecified atom stereocenters. The lowest BCUT2D eigenvalue weighted by Gasteiger charge is -2.27. The quantitative estimate of drug-likeness (QED) is 0.848. The number of aryl methyl sites for hydroxylation is 1. The predicted octanol–water partition coefficient (Wildman–Crippen LogP) is 2.12. The van der Waals surface area contributed by atoms with Crippen LogP contribution >= 0.6 is 0 Å². The van der Waals surface area contributed by atoms with Gasteiger partial charge in [0.05, 0.1) is 6.61 Å². The summed E-state index contributed by atoms with van der Waals surface area (Å²) in [5.41, 5.74) is 2.70. The van der Waals surface area contributed by atoms with Gasteiger partial charge in [0, 0.05) is 25.8 Å². The van der Waals surface area contributed by atoms with Gasteiger partial charge in [0.25, 0.3) is 5.91 Å². The summed E-state index contributed by atoms with van der Waals surface area (Å²) in [6, 6.07) is 4.85. The molecule has 1 aliphatic heterocycles. The monoisotopic (exact) mass is 261 g/mol. The van der Waals surface area contributed by atoms with Gasteiger partial charge in [-0.25, -0.2) is 0 Å². The summed E-state index contributed by atoms with van der Waals surface area (Å²) in [5.74, 6) is 0.209. The van der Waals surface area contributed by atoms with Crippen LogP contribution in [0.4, 0.5) is 0 Å². The SMILES string of the molecule is COCC1=CCN(C(=O)c2ccc(O)cc2C)CC1. The number of carbonyl (C=O) groups excluding carboxylic acids is 1. The van der Waals surface area contributed by atoms with E-state index in [1.165, 1.54) is 5.57 Å². The minimum atomic E-state index is 0.0187. The lowest BCUT2D eigenvalue weighted by molar-refractivity contribution is 0.0764. The number of methoxy groups -OCH3 is 1. The molecule has 0 spiro atoms. The fourth-order valence-electron chi connectivity index (χ4n) is 2.27. The van der Waals surface area contributed by atoms with Gasteiger partial charge in [0.2, 0.25) is 0 Å². The standard InChI is InChI=1S/C15H19NO3/c1-11-9-13(17)3-4-14(11)15(18)16-7-5-12(6-8-16)10-19-2/h3-5,9,17H,6-8,10H2,1-2H3. The molecule has 1 aliphatic rings. The molecule has 102 valence electrons. The number of nitrogens with zero attached hydrogens (tertiary/aromatic N) is 1. The van der Waals surface area contributed by atoms with Gasteiger partial charge in [0.1, 0.15) is 5.75 Å². The molecule has 0 bridgehead atoms. The molecule has 0 atom stereocenters. The van der Waals surface area contributed by atoms with Crippen LogP contribution in [0.1, 0.15) is 22.3 Å². The number of carbonyl (C=O) groups is 1. The Morgan fingerprint density at radius 3 is 2.84 bits per heavy atom. The number of phenolic OH excluding ortho intramolecular Hbond substituents is 1. The maximum absolute atomic E-state index is 12.4. The molecule has 19 heavy (non-hydrogen) atoms. The van der Waals surface area contributed by atoms with Crippen LogP contribution in [-0.4, -0.2) is 42.7 Å². The highest BCUT2D eigenvalue weighted by molar-refractivity contribution is 5.96. The molecule has 0 saturated heterocycles. The fourth-order valence-corrected chi connectivity index (χ4v) is 2.27. The van der Waals surface area contributed by atoms with Crippen molar-refractivity contribution in [3.63, 3.8) is 0 Å². The summed E-state index contributed by atoms with van der Waals surface area (Å²) in [5, 5.41) is 9.38. The fraction of sp³-hybridized carbons (Fsp3) is 0.400. The Hall–Kier alpha value is -1.81. The third kappa shape index (κ3) is 3.15. The van der Waals surface area contributed by atoms with E-state index < -0.39 is 0 Å². The molecule has 1 heterocycles. The Morgan fingerprint density at radius 2 is 2.26 bits per heavy atom. The van der Waals surface area contributed by atoms with Gasteiger partial charge in [-0.1, -0.05) is 6.08 Å². The molecule has 0 aromatic heterocycles. The lowest BCUT2D eigenvalue weighted by atomic mass is 10.0. The molecule has 1 N–H and O–H groups in total. The van der Waals surface area contributed by atoms with E-state index in [2.05, 4.69) is 6.08 Å². The third-order valence-corrected chi connectivity index (χ3v) is 3.36. The van der Waals surface area contributed by atoms with E-state index in [1.807, 2.05) is 11.8 Å². The molecule has 0 aliphatic carbocycles. The van der Waals surface area contributed by atoms with Gasteiger partial charge < -0.3 is 14.7 Å². The van der Waals surface area contributed by atoms with Crippen molar-refractivity contribution in [3.05, 3.63) is 41.0 Å². The van der Waals surface area contributed by atoms with Gasteiger partial charge in [0.15, 0.2) is 0 Å². The van der Waals surface area contributed by atoms with Crippen LogP contribution in [0.25, 0.3) is 0 Å². The number of benzene rings is 1. The summed E-state index contributed by atoms with van der Waals surface area (Å²) in [6.45, 7) is 3.82. The second-order valence-electron chi connectivity index (χ2n) is 4.80. The summed E-state index contributed by atoms with van der Waals surface area (Å²) >= 11 is 0. The predicted molar refractivity (Wildman–Crippen MR) is 73.3 cm³/mol. The average molecular weight is 261 g/mol. The van der Waals surface area contributed by atoms with Crippen molar-refractivity contribution in [1.29, 1.82) is 0 Å². The molecule has 4 nitrogen and oxygen atoms in total. The lowest BCUT2D eigenvalue weighted by Crippen LogP contribution is -2.35. The summed E-state index contributed by atoms with van der Waals surface area (Å²) in [4.78, 5) is 14.2. The van der Waals surface area contributed by atoms with Crippen LogP contribution in [0.5, 0.6) is 5.75 Å². The molecule has 1 aromatic carbocycles. The first-order chi connectivity index (χ1) is 9.11. The highest BCUT2D eigenvalue weighted by Gasteiger charge is 2.20. The van der Waals surface area contributed by atoms with E-state index in [4.69, 9.17) is 4.74 Å². The van der Waals surface area contributed by atoms with E-state index in [1.54, 1.807) is 25.3 Å². The Labute approximate surface area is 113 Å². The largest absolute Gasteiger partial charge is 0.508 e. The third-order valence-electron chi connectivity index (χ3n) is 3.36. The van der Waals surface area contributed by atoms with Crippen LogP contribution in [0, 0.1) is 6.92 Å². The molecular formula is C15H19NO3. The molecule has 2 rings (SSSR count). The van der Waals surface area contributed by atoms with Crippen LogP contribution < -0.4 is 0 Å². The Kier molecular flexibility index (Phi) is 4.22. The summed E-state index contributed by atoms with van der Waals surface area (Å²) in [6.07, 6.45) is 2.91. The number of hydrogen-bond acceptors (Lipinski definition) is 3. The van der Waals surface area contributed by atoms with Gasteiger partial charge in [-0.15, -0.1) is 0 Å².